The van der Waals surface area contributed by atoms with E-state index in [0.717, 1.165) is 29.3 Å². The van der Waals surface area contributed by atoms with Crippen LogP contribution >= 0.6 is 0 Å². The number of halogens is 5. The Morgan fingerprint density at radius 1 is 1.05 bits per heavy atom. The Morgan fingerprint density at radius 2 is 1.80 bits per heavy atom. The molecule has 3 amide bonds. The lowest BCUT2D eigenvalue weighted by Gasteiger charge is -2.63. The highest BCUT2D eigenvalue weighted by atomic mass is 19.4. The maximum atomic E-state index is 14.4. The molecule has 3 heterocycles. The van der Waals surface area contributed by atoms with Crippen molar-refractivity contribution in [3.8, 4) is 0 Å². The third-order valence-electron chi connectivity index (χ3n) is 12.4. The van der Waals surface area contributed by atoms with Crippen LogP contribution in [0.2, 0.25) is 0 Å². The fourth-order valence-electron chi connectivity index (χ4n) is 9.24. The Balaban J connectivity index is 1.17. The lowest BCUT2D eigenvalue weighted by Crippen LogP contribution is -2.63. The normalized spacial score (nSPS) is 26.9. The number of hydrogen-bond donors (Lipinski definition) is 4. The van der Waals surface area contributed by atoms with Crippen molar-refractivity contribution in [3.05, 3.63) is 87.6 Å². The summed E-state index contributed by atoms with van der Waals surface area (Å²) in [5.41, 5.74) is -3.80. The highest BCUT2D eigenvalue weighted by Crippen LogP contribution is 2.64. The first-order valence-electron chi connectivity index (χ1n) is 19.5. The van der Waals surface area contributed by atoms with Crippen LogP contribution in [0.15, 0.2) is 59.5 Å². The van der Waals surface area contributed by atoms with Crippen molar-refractivity contribution >= 4 is 36.4 Å². The second-order valence-electron chi connectivity index (χ2n) is 16.8. The average molecular weight is 829 g/mol. The number of anilines is 2. The van der Waals surface area contributed by atoms with Crippen molar-refractivity contribution in [1.29, 1.82) is 0 Å². The molecule has 0 radical (unpaired) electrons. The van der Waals surface area contributed by atoms with Crippen LogP contribution < -0.4 is 26.8 Å². The minimum Gasteiger partial charge on any atom is -0.462 e. The van der Waals surface area contributed by atoms with E-state index in [4.69, 9.17) is 14.0 Å². The summed E-state index contributed by atoms with van der Waals surface area (Å²) in [6, 6.07) is 8.37. The molecule has 3 saturated carbocycles. The fraction of sp³-hybridized carbons (Fsp3) is 0.525. The zero-order valence-corrected chi connectivity index (χ0v) is 33.1. The van der Waals surface area contributed by atoms with Gasteiger partial charge in [0.2, 0.25) is 12.3 Å². The highest BCUT2D eigenvalue weighted by molar-refractivity contribution is 6.48. The molecule has 5 aliphatic rings. The van der Waals surface area contributed by atoms with Gasteiger partial charge in [-0.1, -0.05) is 38.1 Å². The van der Waals surface area contributed by atoms with E-state index in [0.29, 0.717) is 12.3 Å². The molecule has 3 aliphatic carbocycles. The lowest BCUT2D eigenvalue weighted by atomic mass is 9.45. The van der Waals surface area contributed by atoms with Gasteiger partial charge in [-0.25, -0.2) is 23.4 Å². The van der Waals surface area contributed by atoms with Crippen LogP contribution in [0, 0.1) is 17.3 Å². The maximum absolute atomic E-state index is 14.4. The summed E-state index contributed by atoms with van der Waals surface area (Å²) in [5, 5.41) is 10.9. The van der Waals surface area contributed by atoms with E-state index in [1.165, 1.54) is 31.2 Å². The van der Waals surface area contributed by atoms with E-state index in [2.05, 4.69) is 40.1 Å². The van der Waals surface area contributed by atoms with Gasteiger partial charge in [-0.3, -0.25) is 14.2 Å². The summed E-state index contributed by atoms with van der Waals surface area (Å²) in [4.78, 5) is 59.3. The SMILES string of the molecule is CCOC(=O)c1ccccc1NC(=O)N[C@]1(C)C[C@@H](C(=O)N[C@@H](CC(F)F)B2O[C@@H]3C4CC(C[C@]3(C)O2)C4(C)C)n2c1ncc(NCc1cccc(C(F)(F)F)c1)c2=O. The topological polar surface area (TPSA) is 162 Å². The molecule has 2 aliphatic heterocycles. The summed E-state index contributed by atoms with van der Waals surface area (Å²) in [5.74, 6) is -2.44. The smallest absolute Gasteiger partial charge is 0.462 e. The minimum absolute atomic E-state index is 0.0247. The average Bonchev–Trinajstić information content (AvgIpc) is 3.68. The van der Waals surface area contributed by atoms with Gasteiger partial charge in [-0.05, 0) is 80.7 Å². The molecule has 4 fully saturated rings. The van der Waals surface area contributed by atoms with Gasteiger partial charge in [0.05, 0.1) is 52.8 Å². The van der Waals surface area contributed by atoms with Gasteiger partial charge in [-0.15, -0.1) is 0 Å². The van der Waals surface area contributed by atoms with Gasteiger partial charge < -0.3 is 35.3 Å². The van der Waals surface area contributed by atoms with Crippen LogP contribution in [0.3, 0.4) is 0 Å². The molecule has 0 spiro atoms. The molecular weight excluding hydrogens is 782 g/mol. The van der Waals surface area contributed by atoms with Gasteiger partial charge in [0.1, 0.15) is 17.6 Å². The fourth-order valence-corrected chi connectivity index (χ4v) is 9.24. The van der Waals surface area contributed by atoms with Crippen LogP contribution in [0.4, 0.5) is 38.1 Å². The monoisotopic (exact) mass is 828 g/mol. The third-order valence-corrected chi connectivity index (χ3v) is 12.4. The number of alkyl halides is 5. The number of carbonyl (C=O) groups excluding carboxylic acids is 3. The number of para-hydroxylation sites is 1. The minimum atomic E-state index is -4.60. The molecule has 4 N–H and O–H groups in total. The van der Waals surface area contributed by atoms with Crippen molar-refractivity contribution in [2.24, 2.45) is 17.3 Å². The quantitative estimate of drug-likeness (QED) is 0.0915. The number of urea groups is 1. The predicted octanol–water partition coefficient (Wildman–Crippen LogP) is 6.44. The van der Waals surface area contributed by atoms with Gasteiger partial charge in [-0.2, -0.15) is 13.2 Å². The molecule has 59 heavy (non-hydrogen) atoms. The molecule has 316 valence electrons. The van der Waals surface area contributed by atoms with E-state index in [1.807, 2.05) is 6.92 Å². The van der Waals surface area contributed by atoms with E-state index in [9.17, 15) is 41.1 Å². The second-order valence-corrected chi connectivity index (χ2v) is 16.8. The Morgan fingerprint density at radius 3 is 2.49 bits per heavy atom. The zero-order valence-electron chi connectivity index (χ0n) is 33.1. The maximum Gasteiger partial charge on any atom is 0.481 e. The van der Waals surface area contributed by atoms with Crippen LogP contribution in [0.25, 0.3) is 0 Å². The van der Waals surface area contributed by atoms with Crippen LogP contribution in [-0.4, -0.2) is 65.3 Å². The Hall–Kier alpha value is -5.04. The first-order chi connectivity index (χ1) is 27.7. The van der Waals surface area contributed by atoms with Gasteiger partial charge in [0.25, 0.3) is 5.56 Å². The number of carbonyl (C=O) groups is 3. The number of aromatic nitrogens is 2. The Labute approximate surface area is 337 Å². The van der Waals surface area contributed by atoms with Crippen molar-refractivity contribution in [3.63, 3.8) is 0 Å². The van der Waals surface area contributed by atoms with Crippen LogP contribution in [0.5, 0.6) is 0 Å². The number of amides is 3. The highest BCUT2D eigenvalue weighted by Gasteiger charge is 2.67. The Bertz CT molecular complexity index is 2190. The largest absolute Gasteiger partial charge is 0.481 e. The van der Waals surface area contributed by atoms with Crippen molar-refractivity contribution in [2.45, 2.75) is 109 Å². The van der Waals surface area contributed by atoms with Crippen LogP contribution in [0.1, 0.15) is 93.7 Å². The number of hydrogen-bond acceptors (Lipinski definition) is 9. The first kappa shape index (κ1) is 42.1. The standard InChI is InChI=1S/C40H46BF5N6O7/c1-6-57-34(55)24-12-7-8-13-26(24)49-36(56)51-38(4)18-28(52-33(54)27(20-48-35(38)52)47-19-21-10-9-11-22(14-21)40(44,45)46)32(53)50-29(16-30(42)43)41-58-31-25-15-23(37(25,2)3)17-39(31,5)59-41/h7-14,20,23,25,28-31,47H,6,15-19H2,1-5H3,(H,50,53)(H2,49,51,56)/t23?,25?,28-,29-,31+,38+,39-/m0/s1. The number of nitrogens with zero attached hydrogens (tertiary/aromatic N) is 2. The summed E-state index contributed by atoms with van der Waals surface area (Å²) >= 11 is 0. The second kappa shape index (κ2) is 15.5. The molecule has 8 rings (SSSR count). The van der Waals surface area contributed by atoms with E-state index in [-0.39, 0.29) is 65.3 Å². The number of esters is 1. The molecule has 1 aromatic heterocycles. The molecular formula is C40H46BF5N6O7. The van der Waals surface area contributed by atoms with Gasteiger partial charge in [0, 0.05) is 19.4 Å². The summed E-state index contributed by atoms with van der Waals surface area (Å²) in [6.07, 6.45) is -6.22. The zero-order chi connectivity index (χ0) is 42.7. The molecule has 1 saturated heterocycles. The molecule has 3 aromatic rings. The predicted molar refractivity (Wildman–Crippen MR) is 205 cm³/mol. The molecule has 2 unspecified atom stereocenters. The lowest BCUT2D eigenvalue weighted by molar-refractivity contribution is -0.185. The first-order valence-corrected chi connectivity index (χ1v) is 19.5. The van der Waals surface area contributed by atoms with Crippen molar-refractivity contribution in [1.82, 2.24) is 20.2 Å². The van der Waals surface area contributed by atoms with Crippen molar-refractivity contribution < 1.29 is 50.4 Å². The number of fused-ring (bicyclic) bond motifs is 1. The third kappa shape index (κ3) is 8.02. The summed E-state index contributed by atoms with van der Waals surface area (Å²) < 4.78 is 87.5. The number of nitrogens with one attached hydrogen (secondary N) is 4. The number of benzene rings is 2. The van der Waals surface area contributed by atoms with Crippen molar-refractivity contribution in [2.75, 3.05) is 17.2 Å². The molecule has 2 aromatic carbocycles. The van der Waals surface area contributed by atoms with E-state index < -0.39 is 78.3 Å². The summed E-state index contributed by atoms with van der Waals surface area (Å²) in [6.45, 7) is 9.21. The molecule has 2 bridgehead atoms. The van der Waals surface area contributed by atoms with Gasteiger partial charge >= 0.3 is 25.3 Å². The van der Waals surface area contributed by atoms with E-state index in [1.54, 1.807) is 19.1 Å². The van der Waals surface area contributed by atoms with E-state index >= 15 is 0 Å². The Kier molecular flexibility index (Phi) is 11.1. The van der Waals surface area contributed by atoms with Crippen LogP contribution in [-0.2, 0) is 37.1 Å². The number of ether oxygens (including phenoxy) is 1. The summed E-state index contributed by atoms with van der Waals surface area (Å²) in [7, 11) is -1.22. The molecule has 19 heteroatoms. The molecule has 13 nitrogen and oxygen atoms in total. The number of rotatable bonds is 12. The van der Waals surface area contributed by atoms with Gasteiger partial charge in [0.15, 0.2) is 0 Å². The molecule has 7 atom stereocenters.